The van der Waals surface area contributed by atoms with Gasteiger partial charge in [0.05, 0.1) is 18.5 Å². The van der Waals surface area contributed by atoms with E-state index in [0.29, 0.717) is 0 Å². The van der Waals surface area contributed by atoms with Gasteiger partial charge in [-0.25, -0.2) is 0 Å². The summed E-state index contributed by atoms with van der Waals surface area (Å²) in [5.74, 6) is 0.0754. The molecule has 4 heteroatoms. The third-order valence-electron chi connectivity index (χ3n) is 3.42. The number of carbonyl (C=O) groups is 1. The lowest BCUT2D eigenvalue weighted by Gasteiger charge is -2.33. The monoisotopic (exact) mass is 237 g/mol. The molecule has 0 aliphatic carbocycles. The van der Waals surface area contributed by atoms with E-state index in [1.165, 1.54) is 0 Å². The average molecular weight is 237 g/mol. The van der Waals surface area contributed by atoms with Crippen LogP contribution in [0.25, 0.3) is 0 Å². The number of carbonyl (C=O) groups excluding carboxylic acids is 1. The zero-order chi connectivity index (χ0) is 13.1. The second-order valence-electron chi connectivity index (χ2n) is 5.68. The molecule has 1 saturated heterocycles. The van der Waals surface area contributed by atoms with Crippen molar-refractivity contribution in [2.75, 3.05) is 13.1 Å². The maximum Gasteiger partial charge on any atom is 0.241 e. The molecule has 0 saturated carbocycles. The van der Waals surface area contributed by atoms with E-state index >= 15 is 0 Å². The standard InChI is InChI=1S/C13H23N3O/c1-5-10(2)16-9-13(3,4)8-15-11(6-7-14)12(16)17/h10-11,15H,5-6,8-9H2,1-4H3. The Balaban J connectivity index is 2.91. The fourth-order valence-corrected chi connectivity index (χ4v) is 2.13. The number of amides is 1. The van der Waals surface area contributed by atoms with Gasteiger partial charge in [-0.15, -0.1) is 0 Å². The van der Waals surface area contributed by atoms with Crippen molar-refractivity contribution < 1.29 is 4.79 Å². The molecule has 17 heavy (non-hydrogen) atoms. The maximum absolute atomic E-state index is 12.3. The van der Waals surface area contributed by atoms with E-state index < -0.39 is 0 Å². The summed E-state index contributed by atoms with van der Waals surface area (Å²) in [4.78, 5) is 14.3. The highest BCUT2D eigenvalue weighted by Gasteiger charge is 2.35. The fraction of sp³-hybridized carbons (Fsp3) is 0.846. The van der Waals surface area contributed by atoms with E-state index in [4.69, 9.17) is 5.26 Å². The van der Waals surface area contributed by atoms with Gasteiger partial charge in [-0.2, -0.15) is 5.26 Å². The molecule has 4 nitrogen and oxygen atoms in total. The Morgan fingerprint density at radius 1 is 1.65 bits per heavy atom. The first-order valence-electron chi connectivity index (χ1n) is 6.32. The predicted octanol–water partition coefficient (Wildman–Crippen LogP) is 1.53. The van der Waals surface area contributed by atoms with Crippen molar-refractivity contribution >= 4 is 5.91 Å². The molecule has 1 aliphatic heterocycles. The molecule has 0 aromatic rings. The van der Waals surface area contributed by atoms with Gasteiger partial charge in [0.1, 0.15) is 0 Å². The molecule has 1 aliphatic rings. The van der Waals surface area contributed by atoms with Gasteiger partial charge in [-0.05, 0) is 18.8 Å². The minimum Gasteiger partial charge on any atom is -0.338 e. The van der Waals surface area contributed by atoms with Crippen molar-refractivity contribution in [3.8, 4) is 6.07 Å². The first-order valence-corrected chi connectivity index (χ1v) is 6.32. The van der Waals surface area contributed by atoms with Crippen LogP contribution in [-0.4, -0.2) is 36.0 Å². The van der Waals surface area contributed by atoms with E-state index in [2.05, 4.69) is 39.1 Å². The molecule has 1 fully saturated rings. The topological polar surface area (TPSA) is 56.1 Å². The maximum atomic E-state index is 12.3. The second kappa shape index (κ2) is 5.50. The fourth-order valence-electron chi connectivity index (χ4n) is 2.13. The minimum atomic E-state index is -0.337. The van der Waals surface area contributed by atoms with Crippen LogP contribution in [0.4, 0.5) is 0 Å². The number of nitriles is 1. The Hall–Kier alpha value is -1.08. The highest BCUT2D eigenvalue weighted by Crippen LogP contribution is 2.23. The largest absolute Gasteiger partial charge is 0.338 e. The SMILES string of the molecule is CCC(C)N1CC(C)(C)CNC(CC#N)C1=O. The van der Waals surface area contributed by atoms with Crippen molar-refractivity contribution in [1.29, 1.82) is 5.26 Å². The molecule has 0 radical (unpaired) electrons. The third kappa shape index (κ3) is 3.44. The van der Waals surface area contributed by atoms with Crippen LogP contribution >= 0.6 is 0 Å². The summed E-state index contributed by atoms with van der Waals surface area (Å²) in [6, 6.07) is 1.99. The molecule has 0 aromatic heterocycles. The molecular formula is C13H23N3O. The zero-order valence-corrected chi connectivity index (χ0v) is 11.3. The molecular weight excluding hydrogens is 214 g/mol. The molecule has 1 N–H and O–H groups in total. The van der Waals surface area contributed by atoms with Crippen LogP contribution in [0.3, 0.4) is 0 Å². The molecule has 0 aromatic carbocycles. The number of nitrogens with one attached hydrogen (secondary N) is 1. The van der Waals surface area contributed by atoms with Crippen molar-refractivity contribution in [2.24, 2.45) is 5.41 Å². The normalized spacial score (nSPS) is 26.2. The van der Waals surface area contributed by atoms with Crippen LogP contribution in [-0.2, 0) is 4.79 Å². The van der Waals surface area contributed by atoms with Gasteiger partial charge in [0.15, 0.2) is 0 Å². The molecule has 2 unspecified atom stereocenters. The highest BCUT2D eigenvalue weighted by atomic mass is 16.2. The quantitative estimate of drug-likeness (QED) is 0.809. The van der Waals surface area contributed by atoms with Gasteiger partial charge in [-0.3, -0.25) is 4.79 Å². The van der Waals surface area contributed by atoms with Crippen molar-refractivity contribution in [3.63, 3.8) is 0 Å². The van der Waals surface area contributed by atoms with E-state index in [-0.39, 0.29) is 29.8 Å². The van der Waals surface area contributed by atoms with Crippen molar-refractivity contribution in [3.05, 3.63) is 0 Å². The Labute approximate surface area is 104 Å². The number of rotatable bonds is 3. The summed E-state index contributed by atoms with van der Waals surface area (Å²) < 4.78 is 0. The molecule has 96 valence electrons. The summed E-state index contributed by atoms with van der Waals surface area (Å²) >= 11 is 0. The van der Waals surface area contributed by atoms with Crippen LogP contribution in [0, 0.1) is 16.7 Å². The average Bonchev–Trinajstić information content (AvgIpc) is 2.39. The van der Waals surface area contributed by atoms with Crippen LogP contribution in [0.5, 0.6) is 0 Å². The summed E-state index contributed by atoms with van der Waals surface area (Å²) in [5.41, 5.74) is 0.0588. The second-order valence-corrected chi connectivity index (χ2v) is 5.68. The van der Waals surface area contributed by atoms with Gasteiger partial charge < -0.3 is 10.2 Å². The van der Waals surface area contributed by atoms with Crippen LogP contribution in [0.1, 0.15) is 40.5 Å². The van der Waals surface area contributed by atoms with Gasteiger partial charge in [-0.1, -0.05) is 20.8 Å². The van der Waals surface area contributed by atoms with Crippen molar-refractivity contribution in [1.82, 2.24) is 10.2 Å². The van der Waals surface area contributed by atoms with Crippen LogP contribution in [0.15, 0.2) is 0 Å². The third-order valence-corrected chi connectivity index (χ3v) is 3.42. The van der Waals surface area contributed by atoms with Crippen molar-refractivity contribution in [2.45, 2.75) is 52.6 Å². The Morgan fingerprint density at radius 2 is 2.29 bits per heavy atom. The lowest BCUT2D eigenvalue weighted by Crippen LogP contribution is -2.47. The van der Waals surface area contributed by atoms with E-state index in [9.17, 15) is 4.79 Å². The van der Waals surface area contributed by atoms with Gasteiger partial charge in [0.2, 0.25) is 5.91 Å². The summed E-state index contributed by atoms with van der Waals surface area (Å²) in [6.45, 7) is 9.99. The number of nitrogens with zero attached hydrogens (tertiary/aromatic N) is 2. The lowest BCUT2D eigenvalue weighted by atomic mass is 9.92. The molecule has 0 spiro atoms. The summed E-state index contributed by atoms with van der Waals surface area (Å²) in [7, 11) is 0. The van der Waals surface area contributed by atoms with Crippen LogP contribution < -0.4 is 5.32 Å². The molecule has 2 atom stereocenters. The lowest BCUT2D eigenvalue weighted by molar-refractivity contribution is -0.135. The van der Waals surface area contributed by atoms with Crippen LogP contribution in [0.2, 0.25) is 0 Å². The molecule has 1 heterocycles. The molecule has 0 bridgehead atoms. The smallest absolute Gasteiger partial charge is 0.241 e. The Kier molecular flexibility index (Phi) is 4.53. The number of hydrogen-bond donors (Lipinski definition) is 1. The first-order chi connectivity index (χ1) is 7.91. The zero-order valence-electron chi connectivity index (χ0n) is 11.3. The Bertz CT molecular complexity index is 319. The van der Waals surface area contributed by atoms with Gasteiger partial charge in [0.25, 0.3) is 0 Å². The van der Waals surface area contributed by atoms with E-state index in [1.807, 2.05) is 4.90 Å². The highest BCUT2D eigenvalue weighted by molar-refractivity contribution is 5.82. The van der Waals surface area contributed by atoms with E-state index in [0.717, 1.165) is 19.5 Å². The predicted molar refractivity (Wildman–Crippen MR) is 67.3 cm³/mol. The van der Waals surface area contributed by atoms with Gasteiger partial charge in [0, 0.05) is 19.1 Å². The summed E-state index contributed by atoms with van der Waals surface area (Å²) in [5, 5.41) is 12.0. The minimum absolute atomic E-state index is 0.0588. The summed E-state index contributed by atoms with van der Waals surface area (Å²) in [6.07, 6.45) is 1.20. The first kappa shape index (κ1) is 14.0. The number of hydrogen-bond acceptors (Lipinski definition) is 3. The van der Waals surface area contributed by atoms with E-state index in [1.54, 1.807) is 0 Å². The van der Waals surface area contributed by atoms with Gasteiger partial charge >= 0.3 is 0 Å². The Morgan fingerprint density at radius 3 is 2.82 bits per heavy atom. The molecule has 1 rings (SSSR count). The molecule has 1 amide bonds.